The van der Waals surface area contributed by atoms with Crippen LogP contribution in [-0.4, -0.2) is 24.2 Å². The molecule has 2 aromatic rings. The van der Waals surface area contributed by atoms with E-state index in [0.29, 0.717) is 11.3 Å². The van der Waals surface area contributed by atoms with Gasteiger partial charge in [-0.15, -0.1) is 0 Å². The molecule has 0 heterocycles. The smallest absolute Gasteiger partial charge is 0.262 e. The summed E-state index contributed by atoms with van der Waals surface area (Å²) in [6.07, 6.45) is 0. The number of rotatable bonds is 6. The third kappa shape index (κ3) is 4.41. The fraction of sp³-hybridized carbons (Fsp3) is 0.118. The summed E-state index contributed by atoms with van der Waals surface area (Å²) in [5.74, 6) is -0.808. The first-order chi connectivity index (χ1) is 11.0. The van der Waals surface area contributed by atoms with E-state index < -0.39 is 5.91 Å². The Morgan fingerprint density at radius 1 is 1.04 bits per heavy atom. The molecule has 2 rings (SSSR count). The molecule has 118 valence electrons. The second-order valence-electron chi connectivity index (χ2n) is 4.83. The predicted molar refractivity (Wildman–Crippen MR) is 85.5 cm³/mol. The van der Waals surface area contributed by atoms with Crippen molar-refractivity contribution in [1.82, 2.24) is 0 Å². The molecule has 0 saturated carbocycles. The minimum absolute atomic E-state index is 0.0470. The lowest BCUT2D eigenvalue weighted by molar-refractivity contribution is -0.118. The van der Waals surface area contributed by atoms with E-state index in [-0.39, 0.29) is 29.6 Å². The summed E-state index contributed by atoms with van der Waals surface area (Å²) in [6, 6.07) is 12.9. The van der Waals surface area contributed by atoms with E-state index in [1.807, 2.05) is 0 Å². The lowest BCUT2D eigenvalue weighted by Crippen LogP contribution is -2.21. The monoisotopic (exact) mass is 312 g/mol. The number of primary amides is 1. The van der Waals surface area contributed by atoms with E-state index in [1.54, 1.807) is 42.5 Å². The maximum atomic E-state index is 11.9. The van der Waals surface area contributed by atoms with E-state index in [2.05, 4.69) is 5.32 Å². The van der Waals surface area contributed by atoms with Gasteiger partial charge in [0, 0.05) is 11.3 Å². The van der Waals surface area contributed by atoms with Gasteiger partial charge in [-0.25, -0.2) is 0 Å². The third-order valence-electron chi connectivity index (χ3n) is 3.09. The number of hydrogen-bond acceptors (Lipinski definition) is 4. The molecule has 0 fully saturated rings. The molecule has 0 aliphatic rings. The second kappa shape index (κ2) is 7.22. The Morgan fingerprint density at radius 2 is 1.70 bits per heavy atom. The van der Waals surface area contributed by atoms with Crippen LogP contribution in [0.5, 0.6) is 5.75 Å². The number of amides is 2. The maximum Gasteiger partial charge on any atom is 0.262 e. The summed E-state index contributed by atoms with van der Waals surface area (Å²) in [7, 11) is 0. The molecule has 2 amide bonds. The molecular weight excluding hydrogens is 296 g/mol. The Balaban J connectivity index is 1.95. The van der Waals surface area contributed by atoms with Crippen LogP contribution in [0.25, 0.3) is 0 Å². The zero-order chi connectivity index (χ0) is 16.8. The molecule has 0 aromatic heterocycles. The van der Waals surface area contributed by atoms with E-state index in [0.717, 1.165) is 0 Å². The number of ether oxygens (including phenoxy) is 1. The van der Waals surface area contributed by atoms with Gasteiger partial charge in [-0.1, -0.05) is 12.1 Å². The molecule has 0 radical (unpaired) electrons. The van der Waals surface area contributed by atoms with Crippen molar-refractivity contribution >= 4 is 23.3 Å². The van der Waals surface area contributed by atoms with E-state index in [1.165, 1.54) is 13.0 Å². The largest absolute Gasteiger partial charge is 0.483 e. The highest BCUT2D eigenvalue weighted by Gasteiger charge is 2.10. The van der Waals surface area contributed by atoms with E-state index in [9.17, 15) is 14.4 Å². The first-order valence-electron chi connectivity index (χ1n) is 6.90. The number of Topliss-reactive ketones (excluding diaryl/α,β-unsaturated/α-hetero) is 1. The molecule has 6 nitrogen and oxygen atoms in total. The minimum Gasteiger partial charge on any atom is -0.483 e. The number of para-hydroxylation sites is 1. The van der Waals surface area contributed by atoms with Crippen molar-refractivity contribution in [3.05, 3.63) is 59.7 Å². The topological polar surface area (TPSA) is 98.5 Å². The number of carbonyl (C=O) groups is 3. The fourth-order valence-electron chi connectivity index (χ4n) is 1.92. The molecule has 0 unspecified atom stereocenters. The molecule has 0 bridgehead atoms. The summed E-state index contributed by atoms with van der Waals surface area (Å²) in [5, 5.41) is 2.64. The molecule has 0 aliphatic heterocycles. The Morgan fingerprint density at radius 3 is 2.30 bits per heavy atom. The van der Waals surface area contributed by atoms with Crippen molar-refractivity contribution in [3.63, 3.8) is 0 Å². The Bertz CT molecular complexity index is 739. The zero-order valence-corrected chi connectivity index (χ0v) is 12.5. The van der Waals surface area contributed by atoms with Crippen LogP contribution >= 0.6 is 0 Å². The molecule has 6 heteroatoms. The molecule has 2 aromatic carbocycles. The molecule has 0 spiro atoms. The SMILES string of the molecule is CC(=O)c1ccc(NC(=O)COc2ccccc2C(N)=O)cc1. The highest BCUT2D eigenvalue weighted by atomic mass is 16.5. The summed E-state index contributed by atoms with van der Waals surface area (Å²) >= 11 is 0. The van der Waals surface area contributed by atoms with Crippen LogP contribution in [0.1, 0.15) is 27.6 Å². The van der Waals surface area contributed by atoms with Gasteiger partial charge < -0.3 is 15.8 Å². The second-order valence-corrected chi connectivity index (χ2v) is 4.83. The van der Waals surface area contributed by atoms with Crippen molar-refractivity contribution in [2.75, 3.05) is 11.9 Å². The van der Waals surface area contributed by atoms with Gasteiger partial charge in [0.25, 0.3) is 11.8 Å². The Labute approximate surface area is 133 Å². The molecular formula is C17H16N2O4. The molecule has 3 N–H and O–H groups in total. The van der Waals surface area contributed by atoms with Crippen molar-refractivity contribution in [2.24, 2.45) is 5.73 Å². The fourth-order valence-corrected chi connectivity index (χ4v) is 1.92. The van der Waals surface area contributed by atoms with Crippen LogP contribution in [0, 0.1) is 0 Å². The molecule has 0 aliphatic carbocycles. The van der Waals surface area contributed by atoms with Crippen LogP contribution in [0.3, 0.4) is 0 Å². The van der Waals surface area contributed by atoms with Crippen molar-refractivity contribution in [3.8, 4) is 5.75 Å². The zero-order valence-electron chi connectivity index (χ0n) is 12.5. The number of hydrogen-bond donors (Lipinski definition) is 2. The predicted octanol–water partition coefficient (Wildman–Crippen LogP) is 2.01. The summed E-state index contributed by atoms with van der Waals surface area (Å²) in [4.78, 5) is 34.3. The highest BCUT2D eigenvalue weighted by Crippen LogP contribution is 2.17. The van der Waals surface area contributed by atoms with Crippen molar-refractivity contribution < 1.29 is 19.1 Å². The Hall–Kier alpha value is -3.15. The lowest BCUT2D eigenvalue weighted by atomic mass is 10.1. The normalized spacial score (nSPS) is 9.96. The van der Waals surface area contributed by atoms with Crippen LogP contribution in [0.4, 0.5) is 5.69 Å². The number of anilines is 1. The first-order valence-corrected chi connectivity index (χ1v) is 6.90. The van der Waals surface area contributed by atoms with Gasteiger partial charge in [0.15, 0.2) is 12.4 Å². The molecule has 0 saturated heterocycles. The number of carbonyl (C=O) groups excluding carboxylic acids is 3. The summed E-state index contributed by atoms with van der Waals surface area (Å²) in [5.41, 5.74) is 6.56. The van der Waals surface area contributed by atoms with Gasteiger partial charge in [0.05, 0.1) is 5.56 Å². The van der Waals surface area contributed by atoms with Gasteiger partial charge in [0.2, 0.25) is 0 Å². The third-order valence-corrected chi connectivity index (χ3v) is 3.09. The number of nitrogens with one attached hydrogen (secondary N) is 1. The average Bonchev–Trinajstić information content (AvgIpc) is 2.53. The standard InChI is InChI=1S/C17H16N2O4/c1-11(20)12-6-8-13(9-7-12)19-16(21)10-23-15-5-3-2-4-14(15)17(18)22/h2-9H,10H2,1H3,(H2,18,22)(H,19,21). The van der Waals surface area contributed by atoms with Gasteiger partial charge in [-0.3, -0.25) is 14.4 Å². The first kappa shape index (κ1) is 16.2. The van der Waals surface area contributed by atoms with E-state index in [4.69, 9.17) is 10.5 Å². The van der Waals surface area contributed by atoms with Crippen LogP contribution in [0.15, 0.2) is 48.5 Å². The van der Waals surface area contributed by atoms with Crippen molar-refractivity contribution in [2.45, 2.75) is 6.92 Å². The van der Waals surface area contributed by atoms with Crippen LogP contribution in [-0.2, 0) is 4.79 Å². The van der Waals surface area contributed by atoms with Crippen molar-refractivity contribution in [1.29, 1.82) is 0 Å². The van der Waals surface area contributed by atoms with Crippen LogP contribution in [0.2, 0.25) is 0 Å². The molecule has 0 atom stereocenters. The average molecular weight is 312 g/mol. The number of nitrogens with two attached hydrogens (primary N) is 1. The number of ketones is 1. The van der Waals surface area contributed by atoms with Gasteiger partial charge in [-0.2, -0.15) is 0 Å². The Kier molecular flexibility index (Phi) is 5.09. The lowest BCUT2D eigenvalue weighted by Gasteiger charge is -2.10. The highest BCUT2D eigenvalue weighted by molar-refractivity contribution is 5.97. The van der Waals surface area contributed by atoms with E-state index >= 15 is 0 Å². The van der Waals surface area contributed by atoms with Crippen LogP contribution < -0.4 is 15.8 Å². The summed E-state index contributed by atoms with van der Waals surface area (Å²) < 4.78 is 5.33. The van der Waals surface area contributed by atoms with Gasteiger partial charge >= 0.3 is 0 Å². The van der Waals surface area contributed by atoms with Gasteiger partial charge in [0.1, 0.15) is 5.75 Å². The minimum atomic E-state index is -0.624. The summed E-state index contributed by atoms with van der Waals surface area (Å²) in [6.45, 7) is 1.20. The maximum absolute atomic E-state index is 11.9. The number of benzene rings is 2. The van der Waals surface area contributed by atoms with Gasteiger partial charge in [-0.05, 0) is 43.3 Å². The molecule has 23 heavy (non-hydrogen) atoms. The quantitative estimate of drug-likeness (QED) is 0.797.